The number of nitrogens with zero attached hydrogens (tertiary/aromatic N) is 1. The van der Waals surface area contributed by atoms with Crippen LogP contribution in [0.25, 0.3) is 0 Å². The minimum absolute atomic E-state index is 0.0845. The minimum atomic E-state index is -0.567. The number of carbonyl (C=O) groups is 2. The Labute approximate surface area is 166 Å². The molecule has 2 rings (SSSR count). The maximum absolute atomic E-state index is 13.1. The van der Waals surface area contributed by atoms with Gasteiger partial charge in [0.1, 0.15) is 6.04 Å². The highest BCUT2D eigenvalue weighted by Crippen LogP contribution is 2.17. The van der Waals surface area contributed by atoms with Gasteiger partial charge >= 0.3 is 0 Å². The highest BCUT2D eigenvalue weighted by molar-refractivity contribution is 6.30. The Morgan fingerprint density at radius 2 is 1.74 bits per heavy atom. The summed E-state index contributed by atoms with van der Waals surface area (Å²) in [6.07, 6.45) is 0.257. The maximum atomic E-state index is 13.1. The van der Waals surface area contributed by atoms with E-state index in [1.54, 1.807) is 17.9 Å². The van der Waals surface area contributed by atoms with Crippen LogP contribution in [0.4, 0.5) is 0 Å². The van der Waals surface area contributed by atoms with Crippen LogP contribution in [0, 0.1) is 13.8 Å². The summed E-state index contributed by atoms with van der Waals surface area (Å²) in [5.41, 5.74) is 4.09. The van der Waals surface area contributed by atoms with Crippen molar-refractivity contribution in [1.29, 1.82) is 0 Å². The van der Waals surface area contributed by atoms with Gasteiger partial charge in [-0.1, -0.05) is 53.1 Å². The van der Waals surface area contributed by atoms with Crippen LogP contribution in [-0.4, -0.2) is 29.3 Å². The Hall–Kier alpha value is -2.33. The molecule has 0 saturated heterocycles. The molecule has 0 unspecified atom stereocenters. The fourth-order valence-electron chi connectivity index (χ4n) is 3.18. The van der Waals surface area contributed by atoms with Crippen molar-refractivity contribution in [2.45, 2.75) is 46.7 Å². The first-order valence-corrected chi connectivity index (χ1v) is 9.56. The fraction of sp³-hybridized carbons (Fsp3) is 0.364. The van der Waals surface area contributed by atoms with Crippen molar-refractivity contribution in [3.05, 3.63) is 69.7 Å². The summed E-state index contributed by atoms with van der Waals surface area (Å²) in [4.78, 5) is 27.1. The molecule has 0 bridgehead atoms. The van der Waals surface area contributed by atoms with Crippen molar-refractivity contribution < 1.29 is 9.59 Å². The van der Waals surface area contributed by atoms with Crippen LogP contribution in [-0.2, 0) is 22.6 Å². The molecular formula is C22H27ClN2O2. The molecule has 2 aromatic carbocycles. The van der Waals surface area contributed by atoms with Crippen molar-refractivity contribution >= 4 is 23.4 Å². The molecule has 4 nitrogen and oxygen atoms in total. The summed E-state index contributed by atoms with van der Waals surface area (Å²) < 4.78 is 0. The number of amides is 2. The monoisotopic (exact) mass is 386 g/mol. The van der Waals surface area contributed by atoms with Crippen LogP contribution in [0.3, 0.4) is 0 Å². The van der Waals surface area contributed by atoms with Gasteiger partial charge in [0.2, 0.25) is 11.8 Å². The fourth-order valence-corrected chi connectivity index (χ4v) is 3.40. The predicted molar refractivity (Wildman–Crippen MR) is 110 cm³/mol. The normalized spacial score (nSPS) is 11.7. The molecule has 27 heavy (non-hydrogen) atoms. The van der Waals surface area contributed by atoms with Gasteiger partial charge in [-0.2, -0.15) is 0 Å². The molecule has 0 saturated carbocycles. The number of rotatable bonds is 7. The molecule has 0 aliphatic rings. The molecule has 0 aliphatic heterocycles. The van der Waals surface area contributed by atoms with Gasteiger partial charge in [0, 0.05) is 18.1 Å². The second-order valence-electron chi connectivity index (χ2n) is 6.89. The standard InChI is InChI=1S/C22H27ClN2O2/c1-5-24-22(27)17(4)25(14-18-7-6-8-20(23)12-18)21(26)13-19-10-15(2)9-16(3)11-19/h6-12,17H,5,13-14H2,1-4H3,(H,24,27)/t17-/m1/s1. The summed E-state index contributed by atoms with van der Waals surface area (Å²) in [5.74, 6) is -0.243. The van der Waals surface area contributed by atoms with Crippen molar-refractivity contribution in [3.8, 4) is 0 Å². The van der Waals surface area contributed by atoms with E-state index in [0.717, 1.165) is 22.3 Å². The average molecular weight is 387 g/mol. The SMILES string of the molecule is CCNC(=O)[C@@H](C)N(Cc1cccc(Cl)c1)C(=O)Cc1cc(C)cc(C)c1. The van der Waals surface area contributed by atoms with E-state index in [2.05, 4.69) is 11.4 Å². The molecule has 2 aromatic rings. The smallest absolute Gasteiger partial charge is 0.242 e. The molecule has 0 spiro atoms. The topological polar surface area (TPSA) is 49.4 Å². The Balaban J connectivity index is 2.26. The van der Waals surface area contributed by atoms with Crippen LogP contribution in [0.15, 0.2) is 42.5 Å². The summed E-state index contributed by atoms with van der Waals surface area (Å²) in [6.45, 7) is 8.52. The van der Waals surface area contributed by atoms with E-state index in [-0.39, 0.29) is 18.2 Å². The third-order valence-electron chi connectivity index (χ3n) is 4.40. The van der Waals surface area contributed by atoms with Gasteiger partial charge in [0.05, 0.1) is 6.42 Å². The van der Waals surface area contributed by atoms with Crippen molar-refractivity contribution in [3.63, 3.8) is 0 Å². The van der Waals surface area contributed by atoms with Gasteiger partial charge in [-0.05, 0) is 51.0 Å². The summed E-state index contributed by atoms with van der Waals surface area (Å²) >= 11 is 6.08. The number of benzene rings is 2. The van der Waals surface area contributed by atoms with Crippen LogP contribution in [0.2, 0.25) is 5.02 Å². The lowest BCUT2D eigenvalue weighted by molar-refractivity contribution is -0.140. The average Bonchev–Trinajstić information content (AvgIpc) is 2.58. The van der Waals surface area contributed by atoms with Gasteiger partial charge in [-0.25, -0.2) is 0 Å². The number of hydrogen-bond acceptors (Lipinski definition) is 2. The second-order valence-corrected chi connectivity index (χ2v) is 7.33. The van der Waals surface area contributed by atoms with Crippen LogP contribution in [0.1, 0.15) is 36.1 Å². The first-order valence-electron chi connectivity index (χ1n) is 9.19. The van der Waals surface area contributed by atoms with E-state index in [9.17, 15) is 9.59 Å². The Bertz CT molecular complexity index is 799. The van der Waals surface area contributed by atoms with E-state index in [4.69, 9.17) is 11.6 Å². The van der Waals surface area contributed by atoms with Gasteiger partial charge < -0.3 is 10.2 Å². The maximum Gasteiger partial charge on any atom is 0.242 e. The predicted octanol–water partition coefficient (Wildman–Crippen LogP) is 4.05. The van der Waals surface area contributed by atoms with Gasteiger partial charge in [-0.3, -0.25) is 9.59 Å². The Morgan fingerprint density at radius 1 is 1.07 bits per heavy atom. The largest absolute Gasteiger partial charge is 0.355 e. The van der Waals surface area contributed by atoms with E-state index in [1.807, 2.05) is 51.1 Å². The molecule has 0 heterocycles. The van der Waals surface area contributed by atoms with Gasteiger partial charge in [-0.15, -0.1) is 0 Å². The lowest BCUT2D eigenvalue weighted by Gasteiger charge is -2.29. The molecular weight excluding hydrogens is 360 g/mol. The number of hydrogen-bond donors (Lipinski definition) is 1. The van der Waals surface area contributed by atoms with Crippen LogP contribution < -0.4 is 5.32 Å². The van der Waals surface area contributed by atoms with E-state index in [0.29, 0.717) is 18.1 Å². The molecule has 5 heteroatoms. The molecule has 0 fully saturated rings. The molecule has 0 radical (unpaired) electrons. The highest BCUT2D eigenvalue weighted by atomic mass is 35.5. The number of aryl methyl sites for hydroxylation is 2. The third-order valence-corrected chi connectivity index (χ3v) is 4.63. The van der Waals surface area contributed by atoms with Crippen LogP contribution in [0.5, 0.6) is 0 Å². The number of carbonyl (C=O) groups excluding carboxylic acids is 2. The zero-order valence-corrected chi connectivity index (χ0v) is 17.1. The number of halogens is 1. The highest BCUT2D eigenvalue weighted by Gasteiger charge is 2.26. The first-order chi connectivity index (χ1) is 12.8. The zero-order valence-electron chi connectivity index (χ0n) is 16.4. The van der Waals surface area contributed by atoms with Crippen molar-refractivity contribution in [2.24, 2.45) is 0 Å². The van der Waals surface area contributed by atoms with Gasteiger partial charge in [0.25, 0.3) is 0 Å². The van der Waals surface area contributed by atoms with Crippen molar-refractivity contribution in [1.82, 2.24) is 10.2 Å². The molecule has 2 amide bonds. The van der Waals surface area contributed by atoms with E-state index >= 15 is 0 Å². The summed E-state index contributed by atoms with van der Waals surface area (Å²) in [5, 5.41) is 3.41. The lowest BCUT2D eigenvalue weighted by Crippen LogP contribution is -2.48. The first kappa shape index (κ1) is 21.0. The van der Waals surface area contributed by atoms with Crippen molar-refractivity contribution in [2.75, 3.05) is 6.54 Å². The van der Waals surface area contributed by atoms with Crippen LogP contribution >= 0.6 is 11.6 Å². The molecule has 1 atom stereocenters. The molecule has 0 aromatic heterocycles. The zero-order chi connectivity index (χ0) is 20.0. The number of likely N-dealkylation sites (N-methyl/N-ethyl adjacent to an activating group) is 1. The summed E-state index contributed by atoms with van der Waals surface area (Å²) in [7, 11) is 0. The Morgan fingerprint density at radius 3 is 2.33 bits per heavy atom. The molecule has 144 valence electrons. The van der Waals surface area contributed by atoms with Gasteiger partial charge in [0.15, 0.2) is 0 Å². The second kappa shape index (κ2) is 9.56. The minimum Gasteiger partial charge on any atom is -0.355 e. The molecule has 0 aliphatic carbocycles. The Kier molecular flexibility index (Phi) is 7.43. The summed E-state index contributed by atoms with van der Waals surface area (Å²) in [6, 6.07) is 12.9. The lowest BCUT2D eigenvalue weighted by atomic mass is 10.0. The third kappa shape index (κ3) is 6.10. The van der Waals surface area contributed by atoms with E-state index in [1.165, 1.54) is 0 Å². The van der Waals surface area contributed by atoms with E-state index < -0.39 is 6.04 Å². The quantitative estimate of drug-likeness (QED) is 0.780. The molecule has 1 N–H and O–H groups in total. The number of nitrogens with one attached hydrogen (secondary N) is 1.